The second-order valence-corrected chi connectivity index (χ2v) is 14.8. The minimum Gasteiger partial charge on any atom is -0.490 e. The number of para-hydroxylation sites is 3. The van der Waals surface area contributed by atoms with Gasteiger partial charge in [0.1, 0.15) is 23.0 Å². The molecule has 57 heavy (non-hydrogen) atoms. The molecule has 1 aliphatic heterocycles. The van der Waals surface area contributed by atoms with Gasteiger partial charge in [0, 0.05) is 62.6 Å². The highest BCUT2D eigenvalue weighted by molar-refractivity contribution is 6.14. The van der Waals surface area contributed by atoms with E-state index in [1.165, 1.54) is 0 Å². The number of hydrogen-bond donors (Lipinski definition) is 1. The molecule has 10 rings (SSSR count). The standard InChI is InChI=1S/C51H40N4O2/c1-3-4-16-41-39-18-9-12-21-46(39)56-32(2)49(41)50(54-51(52)33-14-6-5-7-15-33)36-27-35(34-23-24-48-42(30-34)40-19-10-13-22-47(40)57-48)28-37(29-36)55-44-20-11-8-17-38(44)43-31-53-26-25-45(43)55/h4-32,41,49,52H,3H2,1-2H3/b16-4-,52-51?,54-50?/t32?,41?,49-/m0/s1. The van der Waals surface area contributed by atoms with Gasteiger partial charge in [0.05, 0.1) is 16.7 Å². The number of aliphatic imine (C=N–C) groups is 1. The molecule has 9 aromatic rings. The zero-order valence-electron chi connectivity index (χ0n) is 31.8. The fraction of sp³-hybridized carbons (Fsp3) is 0.118. The number of ether oxygens (including phenoxy) is 1. The predicted molar refractivity (Wildman–Crippen MR) is 233 cm³/mol. The van der Waals surface area contributed by atoms with Crippen LogP contribution in [-0.2, 0) is 0 Å². The number of allylic oxidation sites excluding steroid dienone is 2. The maximum absolute atomic E-state index is 9.45. The van der Waals surface area contributed by atoms with Crippen molar-refractivity contribution in [3.05, 3.63) is 187 Å². The average molecular weight is 741 g/mol. The number of rotatable bonds is 7. The van der Waals surface area contributed by atoms with Crippen LogP contribution >= 0.6 is 0 Å². The third-order valence-corrected chi connectivity index (χ3v) is 11.3. The zero-order valence-corrected chi connectivity index (χ0v) is 31.8. The van der Waals surface area contributed by atoms with Gasteiger partial charge in [0.15, 0.2) is 5.84 Å². The van der Waals surface area contributed by atoms with Crippen LogP contribution in [0.3, 0.4) is 0 Å². The van der Waals surface area contributed by atoms with Gasteiger partial charge in [-0.25, -0.2) is 4.99 Å². The summed E-state index contributed by atoms with van der Waals surface area (Å²) in [6, 6.07) is 50.1. The lowest BCUT2D eigenvalue weighted by Crippen LogP contribution is -2.39. The summed E-state index contributed by atoms with van der Waals surface area (Å²) in [6.45, 7) is 4.30. The average Bonchev–Trinajstić information content (AvgIpc) is 3.80. The molecule has 0 radical (unpaired) electrons. The van der Waals surface area contributed by atoms with E-state index in [-0.39, 0.29) is 23.8 Å². The number of fused-ring (bicyclic) bond motifs is 7. The molecule has 0 fully saturated rings. The Morgan fingerprint density at radius 2 is 1.47 bits per heavy atom. The molecule has 0 bridgehead atoms. The molecule has 1 N–H and O–H groups in total. The summed E-state index contributed by atoms with van der Waals surface area (Å²) in [6.07, 6.45) is 9.03. The largest absolute Gasteiger partial charge is 0.490 e. The first-order valence-electron chi connectivity index (χ1n) is 19.6. The van der Waals surface area contributed by atoms with Crippen molar-refractivity contribution >= 4 is 55.3 Å². The van der Waals surface area contributed by atoms with Crippen LogP contribution in [0.25, 0.3) is 60.6 Å². The van der Waals surface area contributed by atoms with Crippen molar-refractivity contribution in [1.29, 1.82) is 5.41 Å². The van der Waals surface area contributed by atoms with E-state index < -0.39 is 0 Å². The molecule has 6 heteroatoms. The molecule has 0 saturated carbocycles. The van der Waals surface area contributed by atoms with Crippen LogP contribution in [-0.4, -0.2) is 27.2 Å². The van der Waals surface area contributed by atoms with Gasteiger partial charge in [-0.05, 0) is 84.6 Å². The minimum absolute atomic E-state index is 0.0349. The predicted octanol–water partition coefficient (Wildman–Crippen LogP) is 12.7. The van der Waals surface area contributed by atoms with E-state index in [2.05, 4.69) is 133 Å². The summed E-state index contributed by atoms with van der Waals surface area (Å²) >= 11 is 0. The maximum Gasteiger partial charge on any atom is 0.152 e. The van der Waals surface area contributed by atoms with Crippen LogP contribution < -0.4 is 4.74 Å². The lowest BCUT2D eigenvalue weighted by Gasteiger charge is -2.38. The molecular weight excluding hydrogens is 701 g/mol. The summed E-state index contributed by atoms with van der Waals surface area (Å²) in [5, 5.41) is 13.8. The third kappa shape index (κ3) is 6.01. The molecule has 0 saturated heterocycles. The molecule has 6 nitrogen and oxygen atoms in total. The monoisotopic (exact) mass is 740 g/mol. The van der Waals surface area contributed by atoms with E-state index in [4.69, 9.17) is 14.1 Å². The van der Waals surface area contributed by atoms with Crippen molar-refractivity contribution in [2.45, 2.75) is 32.3 Å². The second kappa shape index (κ2) is 14.2. The highest BCUT2D eigenvalue weighted by atomic mass is 16.5. The summed E-state index contributed by atoms with van der Waals surface area (Å²) in [5.74, 6) is 0.847. The molecule has 0 spiro atoms. The normalized spacial score (nSPS) is 17.1. The number of nitrogens with zero attached hydrogens (tertiary/aromatic N) is 3. The van der Waals surface area contributed by atoms with E-state index in [0.717, 1.165) is 95.1 Å². The van der Waals surface area contributed by atoms with Gasteiger partial charge in [-0.2, -0.15) is 0 Å². The first kappa shape index (κ1) is 34.4. The van der Waals surface area contributed by atoms with Crippen molar-refractivity contribution < 1.29 is 9.15 Å². The Kier molecular flexibility index (Phi) is 8.59. The Hall–Kier alpha value is -7.05. The van der Waals surface area contributed by atoms with Gasteiger partial charge in [-0.15, -0.1) is 0 Å². The number of benzene rings is 6. The zero-order chi connectivity index (χ0) is 38.5. The van der Waals surface area contributed by atoms with Crippen LogP contribution in [0, 0.1) is 11.3 Å². The highest BCUT2D eigenvalue weighted by Gasteiger charge is 2.39. The number of nitrogens with one attached hydrogen (secondary N) is 1. The molecule has 0 amide bonds. The lowest BCUT2D eigenvalue weighted by atomic mass is 9.75. The topological polar surface area (TPSA) is 76.4 Å². The fourth-order valence-electron chi connectivity index (χ4n) is 8.69. The van der Waals surface area contributed by atoms with E-state index in [1.54, 1.807) is 0 Å². The molecule has 3 atom stereocenters. The third-order valence-electron chi connectivity index (χ3n) is 11.3. The van der Waals surface area contributed by atoms with Gasteiger partial charge in [0.2, 0.25) is 0 Å². The molecule has 1 aliphatic rings. The fourth-order valence-corrected chi connectivity index (χ4v) is 8.69. The van der Waals surface area contributed by atoms with Crippen molar-refractivity contribution in [1.82, 2.24) is 9.55 Å². The number of furan rings is 1. The first-order chi connectivity index (χ1) is 28.1. The second-order valence-electron chi connectivity index (χ2n) is 14.8. The Morgan fingerprint density at radius 1 is 0.719 bits per heavy atom. The van der Waals surface area contributed by atoms with Crippen LogP contribution in [0.2, 0.25) is 0 Å². The summed E-state index contributed by atoms with van der Waals surface area (Å²) in [5.41, 5.74) is 10.5. The van der Waals surface area contributed by atoms with Gasteiger partial charge in [0.25, 0.3) is 0 Å². The van der Waals surface area contributed by atoms with Crippen molar-refractivity contribution in [3.8, 4) is 22.6 Å². The Balaban J connectivity index is 1.27. The van der Waals surface area contributed by atoms with E-state index >= 15 is 0 Å². The molecular formula is C51H40N4O2. The lowest BCUT2D eigenvalue weighted by molar-refractivity contribution is 0.153. The summed E-state index contributed by atoms with van der Waals surface area (Å²) < 4.78 is 15.3. The number of amidine groups is 1. The van der Waals surface area contributed by atoms with E-state index in [0.29, 0.717) is 0 Å². The van der Waals surface area contributed by atoms with Crippen molar-refractivity contribution in [2.24, 2.45) is 10.9 Å². The first-order valence-corrected chi connectivity index (χ1v) is 19.6. The SMILES string of the molecule is CC/C=C\C1c2ccccc2OC(C)[C@@H]1C(=NC(=N)c1ccccc1)c1cc(-c2ccc3oc4ccccc4c3c2)cc(-n2c3ccccc3c3cnccc32)c1. The quantitative estimate of drug-likeness (QED) is 0.100. The molecule has 4 heterocycles. The smallest absolute Gasteiger partial charge is 0.152 e. The van der Waals surface area contributed by atoms with Crippen LogP contribution in [0.15, 0.2) is 180 Å². The molecule has 276 valence electrons. The minimum atomic E-state index is -0.242. The van der Waals surface area contributed by atoms with Gasteiger partial charge in [-0.1, -0.05) is 110 Å². The van der Waals surface area contributed by atoms with Gasteiger partial charge in [-0.3, -0.25) is 10.4 Å². The van der Waals surface area contributed by atoms with Crippen LogP contribution in [0.1, 0.15) is 42.9 Å². The molecule has 3 aromatic heterocycles. The van der Waals surface area contributed by atoms with E-state index in [1.807, 2.05) is 60.9 Å². The van der Waals surface area contributed by atoms with Crippen molar-refractivity contribution in [2.75, 3.05) is 0 Å². The highest BCUT2D eigenvalue weighted by Crippen LogP contribution is 2.44. The molecule has 2 unspecified atom stereocenters. The van der Waals surface area contributed by atoms with Crippen LogP contribution in [0.4, 0.5) is 0 Å². The molecule has 6 aromatic carbocycles. The molecule has 0 aliphatic carbocycles. The number of pyridine rings is 1. The summed E-state index contributed by atoms with van der Waals surface area (Å²) in [4.78, 5) is 9.87. The van der Waals surface area contributed by atoms with E-state index in [9.17, 15) is 5.41 Å². The van der Waals surface area contributed by atoms with Gasteiger partial charge >= 0.3 is 0 Å². The maximum atomic E-state index is 9.45. The Morgan fingerprint density at radius 3 is 2.35 bits per heavy atom. The van der Waals surface area contributed by atoms with Crippen molar-refractivity contribution in [3.63, 3.8) is 0 Å². The van der Waals surface area contributed by atoms with Gasteiger partial charge < -0.3 is 13.7 Å². The van der Waals surface area contributed by atoms with Crippen LogP contribution in [0.5, 0.6) is 5.75 Å². The number of hydrogen-bond acceptors (Lipinski definition) is 4. The Bertz CT molecular complexity index is 2990. The number of aromatic nitrogens is 2. The Labute approximate surface area is 330 Å². The summed E-state index contributed by atoms with van der Waals surface area (Å²) in [7, 11) is 0.